The van der Waals surface area contributed by atoms with Gasteiger partial charge in [-0.3, -0.25) is 19.2 Å². The summed E-state index contributed by atoms with van der Waals surface area (Å²) in [7, 11) is 0. The van der Waals surface area contributed by atoms with Crippen molar-refractivity contribution in [2.24, 2.45) is 35.5 Å². The van der Waals surface area contributed by atoms with Gasteiger partial charge in [0.25, 0.3) is 0 Å². The Bertz CT molecular complexity index is 2670. The highest BCUT2D eigenvalue weighted by molar-refractivity contribution is 6.03. The first-order chi connectivity index (χ1) is 31.1. The molecule has 0 amide bonds. The zero-order valence-electron chi connectivity index (χ0n) is 38.6. The van der Waals surface area contributed by atoms with Gasteiger partial charge >= 0.3 is 23.9 Å². The zero-order valence-corrected chi connectivity index (χ0v) is 38.6. The number of carbonyl (C=O) groups is 4. The summed E-state index contributed by atoms with van der Waals surface area (Å²) in [5.74, 6) is -5.26. The number of aromatic amines is 2. The SMILES string of the molecule is CCOC(=O)C1C2CCC(C3=C2c2cc4nc(cc5[nH]c(cc6[nH]c(cc3n2)c(CC)c6CC)c2c5C3CCC2C(C(=O)OCC)C3C(=O)OCC)C(CC)=C4CC)C1C(=O)OCC. The summed E-state index contributed by atoms with van der Waals surface area (Å²) in [6.07, 6.45) is 5.96. The third-order valence-electron chi connectivity index (χ3n) is 15.1. The van der Waals surface area contributed by atoms with Crippen LogP contribution in [0.4, 0.5) is 0 Å². The lowest BCUT2D eigenvalue weighted by molar-refractivity contribution is -0.166. The molecule has 5 heterocycles. The van der Waals surface area contributed by atoms with E-state index in [4.69, 9.17) is 28.9 Å². The van der Waals surface area contributed by atoms with Crippen molar-refractivity contribution < 1.29 is 38.1 Å². The lowest BCUT2D eigenvalue weighted by Crippen LogP contribution is -2.48. The van der Waals surface area contributed by atoms with E-state index in [-0.39, 0.29) is 74.0 Å². The van der Waals surface area contributed by atoms with Gasteiger partial charge in [-0.2, -0.15) is 0 Å². The zero-order chi connectivity index (χ0) is 45.1. The third kappa shape index (κ3) is 6.75. The van der Waals surface area contributed by atoms with Crippen molar-refractivity contribution in [2.45, 2.75) is 119 Å². The number of nitrogens with one attached hydrogen (secondary N) is 2. The van der Waals surface area contributed by atoms with Gasteiger partial charge in [-0.25, -0.2) is 9.97 Å². The van der Waals surface area contributed by atoms with Gasteiger partial charge in [0.05, 0.1) is 72.9 Å². The lowest BCUT2D eigenvalue weighted by atomic mass is 9.55. The van der Waals surface area contributed by atoms with Crippen molar-refractivity contribution in [2.75, 3.05) is 26.4 Å². The topological polar surface area (TPSA) is 163 Å². The van der Waals surface area contributed by atoms with Crippen LogP contribution in [0.1, 0.15) is 151 Å². The number of nitrogens with zero attached hydrogens (tertiary/aromatic N) is 2. The summed E-state index contributed by atoms with van der Waals surface area (Å²) in [6.45, 7) is 16.7. The maximum atomic E-state index is 14.0. The Morgan fingerprint density at radius 2 is 0.797 bits per heavy atom. The lowest BCUT2D eigenvalue weighted by Gasteiger charge is -2.46. The van der Waals surface area contributed by atoms with E-state index in [9.17, 15) is 19.2 Å². The molecule has 3 aromatic heterocycles. The molecule has 2 saturated carbocycles. The number of rotatable bonds is 12. The van der Waals surface area contributed by atoms with E-state index in [1.54, 1.807) is 27.7 Å². The summed E-state index contributed by atoms with van der Waals surface area (Å²) in [4.78, 5) is 74.4. The molecule has 12 bridgehead atoms. The van der Waals surface area contributed by atoms with Gasteiger partial charge in [0.15, 0.2) is 0 Å². The number of aromatic nitrogens is 4. The molecule has 0 aromatic carbocycles. The van der Waals surface area contributed by atoms with Crippen molar-refractivity contribution in [3.63, 3.8) is 0 Å². The van der Waals surface area contributed by atoms with Gasteiger partial charge in [-0.05, 0) is 148 Å². The van der Waals surface area contributed by atoms with E-state index >= 15 is 0 Å². The second-order valence-electron chi connectivity index (χ2n) is 17.9. The Hall–Kier alpha value is -5.52. The van der Waals surface area contributed by atoms with Gasteiger partial charge < -0.3 is 28.9 Å². The predicted octanol–water partition coefficient (Wildman–Crippen LogP) is 9.81. The van der Waals surface area contributed by atoms with E-state index < -0.39 is 23.7 Å². The van der Waals surface area contributed by atoms with Crippen molar-refractivity contribution in [3.8, 4) is 0 Å². The van der Waals surface area contributed by atoms with Crippen LogP contribution in [0.25, 0.3) is 44.4 Å². The highest BCUT2D eigenvalue weighted by Gasteiger charge is 2.58. The fraction of sp³-hybridized carbons (Fsp3) is 0.538. The number of H-pyrrole nitrogens is 2. The van der Waals surface area contributed by atoms with Gasteiger partial charge in [0.2, 0.25) is 0 Å². The Kier molecular flexibility index (Phi) is 11.9. The Morgan fingerprint density at radius 3 is 1.23 bits per heavy atom. The molecule has 8 unspecified atom stereocenters. The van der Waals surface area contributed by atoms with Crippen LogP contribution >= 0.6 is 0 Å². The minimum Gasteiger partial charge on any atom is -0.466 e. The van der Waals surface area contributed by atoms with E-state index in [0.29, 0.717) is 0 Å². The van der Waals surface area contributed by atoms with E-state index in [1.807, 2.05) is 0 Å². The molecule has 8 atom stereocenters. The molecule has 3 aromatic rings. The molecular formula is C52H62N4O8. The van der Waals surface area contributed by atoms with Gasteiger partial charge in [0.1, 0.15) is 0 Å². The average Bonchev–Trinajstić information content (AvgIpc) is 4.04. The molecule has 64 heavy (non-hydrogen) atoms. The first-order valence-corrected chi connectivity index (χ1v) is 24.0. The monoisotopic (exact) mass is 870 g/mol. The van der Waals surface area contributed by atoms with E-state index in [0.717, 1.165) is 130 Å². The van der Waals surface area contributed by atoms with E-state index in [2.05, 4.69) is 61.9 Å². The number of carbonyl (C=O) groups excluding carboxylic acids is 4. The second kappa shape index (κ2) is 17.5. The quantitative estimate of drug-likeness (QED) is 0.132. The molecule has 2 fully saturated rings. The van der Waals surface area contributed by atoms with Crippen LogP contribution in [0.15, 0.2) is 24.3 Å². The summed E-state index contributed by atoms with van der Waals surface area (Å²) in [5.41, 5.74) is 15.7. The number of allylic oxidation sites excluding steroid dienone is 4. The number of esters is 4. The Labute approximate surface area is 375 Å². The standard InChI is InChI=1S/C52H62N4O8/c1-9-25-26(10-2)34-22-38-42-30-19-20-32(48(52(60)64-16-8)46(30)50(58)62-14-6)44(42)40(56-38)24-36-28(12-4)27(11-3)35(54-36)23-39-43-31-18-17-29(41(43)37(55-39)21-33(25)53-34)45(49(57)61-13-5)47(31)51(59)63-15-7/h21-24,29-32,45-48,53,55H,9-20H2,1-8H3. The summed E-state index contributed by atoms with van der Waals surface area (Å²) in [5, 5.41) is 0. The highest BCUT2D eigenvalue weighted by Crippen LogP contribution is 2.61. The molecule has 0 saturated heterocycles. The third-order valence-corrected chi connectivity index (χ3v) is 15.1. The smallest absolute Gasteiger partial charge is 0.310 e. The van der Waals surface area contributed by atoms with Crippen molar-refractivity contribution in [1.29, 1.82) is 0 Å². The summed E-state index contributed by atoms with van der Waals surface area (Å²) < 4.78 is 22.9. The van der Waals surface area contributed by atoms with Crippen molar-refractivity contribution in [3.05, 3.63) is 69.3 Å². The molecule has 0 spiro atoms. The number of hydrogen-bond acceptors (Lipinski definition) is 10. The first kappa shape index (κ1) is 43.7. The molecule has 6 aliphatic carbocycles. The average molecular weight is 871 g/mol. The molecule has 2 aliphatic heterocycles. The molecule has 8 aliphatic rings. The number of aryl methyl sites for hydroxylation is 2. The van der Waals surface area contributed by atoms with E-state index in [1.165, 1.54) is 11.1 Å². The molecule has 338 valence electrons. The number of hydrogen-bond donors (Lipinski definition) is 2. The van der Waals surface area contributed by atoms with Crippen LogP contribution in [0.2, 0.25) is 0 Å². The predicted molar refractivity (Wildman–Crippen MR) is 245 cm³/mol. The summed E-state index contributed by atoms with van der Waals surface area (Å²) in [6, 6.07) is 8.59. The van der Waals surface area contributed by atoms with Crippen LogP contribution < -0.4 is 0 Å². The van der Waals surface area contributed by atoms with Crippen LogP contribution in [0.5, 0.6) is 0 Å². The molecule has 12 nitrogen and oxygen atoms in total. The van der Waals surface area contributed by atoms with Gasteiger partial charge in [-0.1, -0.05) is 27.7 Å². The second-order valence-corrected chi connectivity index (χ2v) is 17.9. The summed E-state index contributed by atoms with van der Waals surface area (Å²) >= 11 is 0. The number of fused-ring (bicyclic) bond motifs is 12. The molecular weight excluding hydrogens is 809 g/mol. The van der Waals surface area contributed by atoms with Gasteiger partial charge in [-0.15, -0.1) is 0 Å². The Morgan fingerprint density at radius 1 is 0.453 bits per heavy atom. The van der Waals surface area contributed by atoms with Crippen LogP contribution in [-0.2, 0) is 51.0 Å². The molecule has 0 radical (unpaired) electrons. The minimum atomic E-state index is -0.688. The molecule has 2 N–H and O–H groups in total. The van der Waals surface area contributed by atoms with Crippen LogP contribution in [-0.4, -0.2) is 70.2 Å². The van der Waals surface area contributed by atoms with Crippen LogP contribution in [0.3, 0.4) is 0 Å². The largest absolute Gasteiger partial charge is 0.466 e. The van der Waals surface area contributed by atoms with Crippen molar-refractivity contribution >= 4 is 68.2 Å². The normalized spacial score (nSPS) is 25.2. The maximum Gasteiger partial charge on any atom is 0.310 e. The van der Waals surface area contributed by atoms with Crippen LogP contribution in [0, 0.1) is 35.5 Å². The molecule has 12 heteroatoms. The molecule has 11 rings (SSSR count). The fourth-order valence-corrected chi connectivity index (χ4v) is 12.9. The van der Waals surface area contributed by atoms with Gasteiger partial charge in [0, 0.05) is 45.7 Å². The first-order valence-electron chi connectivity index (χ1n) is 24.0. The fourth-order valence-electron chi connectivity index (χ4n) is 12.9. The van der Waals surface area contributed by atoms with Crippen molar-refractivity contribution in [1.82, 2.24) is 19.9 Å². The number of ether oxygens (including phenoxy) is 4. The Balaban J connectivity index is 1.38. The minimum absolute atomic E-state index is 0.219. The highest BCUT2D eigenvalue weighted by atomic mass is 16.5. The maximum absolute atomic E-state index is 14.0.